The average molecular weight is 292 g/mol. The number of anilines is 1. The summed E-state index contributed by atoms with van der Waals surface area (Å²) in [5.41, 5.74) is 5.57. The molecule has 0 radical (unpaired) electrons. The number of pyridine rings is 1. The van der Waals surface area contributed by atoms with E-state index in [9.17, 15) is 14.4 Å². The maximum Gasteiger partial charge on any atom is 0.354 e. The summed E-state index contributed by atoms with van der Waals surface area (Å²) in [6.45, 7) is 0.917. The van der Waals surface area contributed by atoms with Crippen LogP contribution in [0.3, 0.4) is 0 Å². The number of amides is 3. The number of nitrogens with zero attached hydrogens (tertiary/aromatic N) is 2. The molecule has 0 bridgehead atoms. The van der Waals surface area contributed by atoms with E-state index in [1.807, 2.05) is 0 Å². The van der Waals surface area contributed by atoms with Crippen LogP contribution in [0.4, 0.5) is 10.5 Å². The van der Waals surface area contributed by atoms with Gasteiger partial charge in [0.15, 0.2) is 0 Å². The second kappa shape index (κ2) is 6.21. The summed E-state index contributed by atoms with van der Waals surface area (Å²) in [7, 11) is 0. The normalized spacial score (nSPS) is 15.5. The molecule has 0 atom stereocenters. The molecule has 1 aromatic rings. The molecule has 8 nitrogen and oxygen atoms in total. The average Bonchev–Trinajstić information content (AvgIpc) is 2.47. The van der Waals surface area contributed by atoms with Crippen molar-refractivity contribution in [3.05, 3.63) is 24.0 Å². The van der Waals surface area contributed by atoms with Crippen LogP contribution in [0.1, 0.15) is 23.3 Å². The zero-order valence-corrected chi connectivity index (χ0v) is 11.3. The molecular formula is C13H16N4O4. The van der Waals surface area contributed by atoms with Crippen molar-refractivity contribution in [2.75, 3.05) is 18.4 Å². The van der Waals surface area contributed by atoms with Gasteiger partial charge in [-0.2, -0.15) is 0 Å². The third-order valence-corrected chi connectivity index (χ3v) is 3.42. The Labute approximate surface area is 120 Å². The number of nitrogens with one attached hydrogen (secondary N) is 1. The number of likely N-dealkylation sites (tertiary alicyclic amines) is 1. The maximum absolute atomic E-state index is 12.0. The van der Waals surface area contributed by atoms with Crippen LogP contribution in [0.15, 0.2) is 18.3 Å². The van der Waals surface area contributed by atoms with Crippen molar-refractivity contribution in [1.29, 1.82) is 0 Å². The van der Waals surface area contributed by atoms with Gasteiger partial charge in [0, 0.05) is 19.0 Å². The van der Waals surface area contributed by atoms with Gasteiger partial charge in [0.05, 0.1) is 11.9 Å². The highest BCUT2D eigenvalue weighted by Crippen LogP contribution is 2.17. The summed E-state index contributed by atoms with van der Waals surface area (Å²) >= 11 is 0. The lowest BCUT2D eigenvalue weighted by molar-refractivity contribution is -0.122. The van der Waals surface area contributed by atoms with Gasteiger partial charge in [-0.25, -0.2) is 14.6 Å². The smallest absolute Gasteiger partial charge is 0.354 e. The molecule has 2 heterocycles. The summed E-state index contributed by atoms with van der Waals surface area (Å²) in [6.07, 6.45) is 2.40. The molecule has 0 unspecified atom stereocenters. The highest BCUT2D eigenvalue weighted by atomic mass is 16.4. The van der Waals surface area contributed by atoms with Gasteiger partial charge in [-0.05, 0) is 25.0 Å². The van der Waals surface area contributed by atoms with E-state index in [0.29, 0.717) is 31.6 Å². The summed E-state index contributed by atoms with van der Waals surface area (Å²) in [6, 6.07) is 2.49. The van der Waals surface area contributed by atoms with Gasteiger partial charge < -0.3 is 21.1 Å². The van der Waals surface area contributed by atoms with Crippen LogP contribution in [0.5, 0.6) is 0 Å². The Kier molecular flexibility index (Phi) is 4.36. The van der Waals surface area contributed by atoms with Crippen LogP contribution in [0, 0.1) is 5.92 Å². The van der Waals surface area contributed by atoms with Crippen LogP contribution in [0.25, 0.3) is 0 Å². The van der Waals surface area contributed by atoms with E-state index >= 15 is 0 Å². The van der Waals surface area contributed by atoms with Gasteiger partial charge in [0.25, 0.3) is 0 Å². The van der Waals surface area contributed by atoms with Gasteiger partial charge in [0.2, 0.25) is 5.91 Å². The Morgan fingerprint density at radius 2 is 1.95 bits per heavy atom. The first-order valence-corrected chi connectivity index (χ1v) is 6.52. The Balaban J connectivity index is 1.90. The molecule has 1 fully saturated rings. The summed E-state index contributed by atoms with van der Waals surface area (Å²) in [5, 5.41) is 11.4. The van der Waals surface area contributed by atoms with Gasteiger partial charge in [-0.1, -0.05) is 0 Å². The fourth-order valence-corrected chi connectivity index (χ4v) is 2.16. The number of carboxylic acids is 1. The lowest BCUT2D eigenvalue weighted by Crippen LogP contribution is -2.43. The predicted octanol–water partition coefficient (Wildman–Crippen LogP) is 0.509. The van der Waals surface area contributed by atoms with Crippen molar-refractivity contribution in [2.24, 2.45) is 11.7 Å². The van der Waals surface area contributed by atoms with Crippen LogP contribution in [-0.4, -0.2) is 46.0 Å². The standard InChI is InChI=1S/C13H16N4O4/c14-11(18)8-3-5-17(6-4-8)13(21)16-9-1-2-10(12(19)20)15-7-9/h1-2,7-8H,3-6H2,(H2,14,18)(H,16,21)(H,19,20). The Hall–Kier alpha value is -2.64. The van der Waals surface area contributed by atoms with Crippen molar-refractivity contribution < 1.29 is 19.5 Å². The van der Waals surface area contributed by atoms with Crippen molar-refractivity contribution in [3.63, 3.8) is 0 Å². The quantitative estimate of drug-likeness (QED) is 0.748. The predicted molar refractivity (Wildman–Crippen MR) is 73.7 cm³/mol. The molecule has 1 aromatic heterocycles. The second-order valence-corrected chi connectivity index (χ2v) is 4.83. The van der Waals surface area contributed by atoms with Crippen molar-refractivity contribution in [3.8, 4) is 0 Å². The lowest BCUT2D eigenvalue weighted by Gasteiger charge is -2.30. The topological polar surface area (TPSA) is 126 Å². The molecule has 1 aliphatic heterocycles. The fourth-order valence-electron chi connectivity index (χ4n) is 2.16. The number of hydrogen-bond donors (Lipinski definition) is 3. The molecule has 0 saturated carbocycles. The zero-order valence-electron chi connectivity index (χ0n) is 11.3. The summed E-state index contributed by atoms with van der Waals surface area (Å²) in [5.74, 6) is -1.63. The third-order valence-electron chi connectivity index (χ3n) is 3.42. The zero-order chi connectivity index (χ0) is 15.4. The Morgan fingerprint density at radius 1 is 1.29 bits per heavy atom. The van der Waals surface area contributed by atoms with Crippen LogP contribution >= 0.6 is 0 Å². The molecule has 4 N–H and O–H groups in total. The number of carbonyl (C=O) groups is 3. The van der Waals surface area contributed by atoms with E-state index in [1.165, 1.54) is 18.3 Å². The minimum atomic E-state index is -1.12. The number of nitrogens with two attached hydrogens (primary N) is 1. The van der Waals surface area contributed by atoms with Crippen LogP contribution in [0.2, 0.25) is 0 Å². The molecule has 0 aliphatic carbocycles. The minimum Gasteiger partial charge on any atom is -0.477 e. The number of piperidine rings is 1. The van der Waals surface area contributed by atoms with E-state index in [1.54, 1.807) is 4.90 Å². The fraction of sp³-hybridized carbons (Fsp3) is 0.385. The highest BCUT2D eigenvalue weighted by molar-refractivity contribution is 5.90. The van der Waals surface area contributed by atoms with Gasteiger partial charge >= 0.3 is 12.0 Å². The molecule has 1 aliphatic rings. The molecule has 3 amide bonds. The highest BCUT2D eigenvalue weighted by Gasteiger charge is 2.25. The molecule has 1 saturated heterocycles. The van der Waals surface area contributed by atoms with E-state index < -0.39 is 5.97 Å². The van der Waals surface area contributed by atoms with Gasteiger partial charge in [-0.3, -0.25) is 4.79 Å². The van der Waals surface area contributed by atoms with Gasteiger partial charge in [0.1, 0.15) is 5.69 Å². The molecule has 8 heteroatoms. The first kappa shape index (κ1) is 14.8. The van der Waals surface area contributed by atoms with Crippen LogP contribution < -0.4 is 11.1 Å². The van der Waals surface area contributed by atoms with Gasteiger partial charge in [-0.15, -0.1) is 0 Å². The largest absolute Gasteiger partial charge is 0.477 e. The maximum atomic E-state index is 12.0. The summed E-state index contributed by atoms with van der Waals surface area (Å²) < 4.78 is 0. The number of carbonyl (C=O) groups excluding carboxylic acids is 2. The molecular weight excluding hydrogens is 276 g/mol. The number of urea groups is 1. The van der Waals surface area contributed by atoms with E-state index in [4.69, 9.17) is 10.8 Å². The number of hydrogen-bond acceptors (Lipinski definition) is 4. The molecule has 2 rings (SSSR count). The molecule has 112 valence electrons. The molecule has 21 heavy (non-hydrogen) atoms. The SMILES string of the molecule is NC(=O)C1CCN(C(=O)Nc2ccc(C(=O)O)nc2)CC1. The first-order chi connectivity index (χ1) is 9.97. The Bertz CT molecular complexity index is 550. The number of carboxylic acid groups (broad SMARTS) is 1. The second-order valence-electron chi connectivity index (χ2n) is 4.83. The number of aromatic carboxylic acids is 1. The number of primary amides is 1. The molecule has 0 spiro atoms. The van der Waals surface area contributed by atoms with E-state index in [2.05, 4.69) is 10.3 Å². The monoisotopic (exact) mass is 292 g/mol. The van der Waals surface area contributed by atoms with Crippen molar-refractivity contribution in [2.45, 2.75) is 12.8 Å². The van der Waals surface area contributed by atoms with Crippen molar-refractivity contribution >= 4 is 23.6 Å². The number of rotatable bonds is 3. The third kappa shape index (κ3) is 3.68. The lowest BCUT2D eigenvalue weighted by atomic mass is 9.96. The van der Waals surface area contributed by atoms with Crippen molar-refractivity contribution in [1.82, 2.24) is 9.88 Å². The van der Waals surface area contributed by atoms with E-state index in [-0.39, 0.29) is 23.6 Å². The summed E-state index contributed by atoms with van der Waals surface area (Å²) in [4.78, 5) is 39.1. The van der Waals surface area contributed by atoms with E-state index in [0.717, 1.165) is 0 Å². The Morgan fingerprint density at radius 3 is 2.43 bits per heavy atom. The first-order valence-electron chi connectivity index (χ1n) is 6.52. The van der Waals surface area contributed by atoms with Crippen LogP contribution in [-0.2, 0) is 4.79 Å². The molecule has 0 aromatic carbocycles. The number of aromatic nitrogens is 1. The minimum absolute atomic E-state index is 0.0877.